The van der Waals surface area contributed by atoms with Crippen LogP contribution in [0.1, 0.15) is 19.0 Å². The monoisotopic (exact) mass is 418 g/mol. The Labute approximate surface area is 161 Å². The van der Waals surface area contributed by atoms with Crippen molar-refractivity contribution in [2.24, 2.45) is 5.41 Å². The first kappa shape index (κ1) is 20.7. The van der Waals surface area contributed by atoms with Gasteiger partial charge in [0.15, 0.2) is 0 Å². The molecule has 1 heterocycles. The standard InChI is InChI=1S/C15H19ClN4O4S2/c1-15(10-26(23)24,14(21)18-22)5-6-20-8-12(17-19-20)9-25-13-4-2-3-11(16)7-13/h2-4,7-8,22,26H,5-6,9-10H2,1H3,(H,18,21). The maximum absolute atomic E-state index is 11.8. The molecule has 11 heteroatoms. The van der Waals surface area contributed by atoms with E-state index in [2.05, 4.69) is 10.3 Å². The third kappa shape index (κ3) is 5.97. The van der Waals surface area contributed by atoms with E-state index in [-0.39, 0.29) is 12.2 Å². The quantitative estimate of drug-likeness (QED) is 0.246. The highest BCUT2D eigenvalue weighted by Gasteiger charge is 2.34. The zero-order valence-corrected chi connectivity index (χ0v) is 16.4. The highest BCUT2D eigenvalue weighted by atomic mass is 35.5. The number of thioether (sulfide) groups is 1. The fourth-order valence-electron chi connectivity index (χ4n) is 2.27. The van der Waals surface area contributed by atoms with Crippen molar-refractivity contribution in [1.82, 2.24) is 20.5 Å². The van der Waals surface area contributed by atoms with Gasteiger partial charge < -0.3 is 0 Å². The molecule has 0 aliphatic heterocycles. The average Bonchev–Trinajstić information content (AvgIpc) is 3.05. The van der Waals surface area contributed by atoms with Gasteiger partial charge in [-0.3, -0.25) is 14.7 Å². The van der Waals surface area contributed by atoms with Gasteiger partial charge in [0.05, 0.1) is 16.9 Å². The summed E-state index contributed by atoms with van der Waals surface area (Å²) in [6.45, 7) is 1.78. The van der Waals surface area contributed by atoms with Gasteiger partial charge in [0.1, 0.15) is 10.7 Å². The number of hydrogen-bond donors (Lipinski definition) is 3. The molecule has 0 aliphatic carbocycles. The second-order valence-corrected chi connectivity index (χ2v) is 8.43. The number of nitrogens with one attached hydrogen (secondary N) is 1. The number of amides is 1. The second-order valence-electron chi connectivity index (χ2n) is 5.96. The molecule has 0 saturated carbocycles. The fraction of sp³-hybridized carbons (Fsp3) is 0.400. The number of aryl methyl sites for hydroxylation is 1. The Morgan fingerprint density at radius 3 is 2.88 bits per heavy atom. The molecule has 2 N–H and O–H groups in total. The molecule has 2 aromatic rings. The number of hydrogen-bond acceptors (Lipinski definition) is 7. The molecule has 0 fully saturated rings. The Kier molecular flexibility index (Phi) is 7.44. The molecule has 0 bridgehead atoms. The summed E-state index contributed by atoms with van der Waals surface area (Å²) < 4.78 is 23.6. The van der Waals surface area contributed by atoms with Gasteiger partial charge >= 0.3 is 0 Å². The lowest BCUT2D eigenvalue weighted by Gasteiger charge is -2.24. The summed E-state index contributed by atoms with van der Waals surface area (Å²) in [7, 11) is -2.77. The van der Waals surface area contributed by atoms with Crippen LogP contribution in [0.2, 0.25) is 5.02 Å². The lowest BCUT2D eigenvalue weighted by Crippen LogP contribution is -2.41. The second kappa shape index (κ2) is 9.36. The summed E-state index contributed by atoms with van der Waals surface area (Å²) in [5, 5.41) is 17.6. The first-order valence-electron chi connectivity index (χ1n) is 7.66. The van der Waals surface area contributed by atoms with Crippen molar-refractivity contribution in [1.29, 1.82) is 0 Å². The van der Waals surface area contributed by atoms with Gasteiger partial charge in [-0.15, -0.1) is 16.9 Å². The van der Waals surface area contributed by atoms with Crippen molar-refractivity contribution in [3.05, 3.63) is 41.2 Å². The van der Waals surface area contributed by atoms with Crippen LogP contribution in [0.4, 0.5) is 0 Å². The summed E-state index contributed by atoms with van der Waals surface area (Å²) in [5.41, 5.74) is 1.03. The maximum Gasteiger partial charge on any atom is 0.250 e. The SMILES string of the molecule is CC(CCn1cc(CSc2cccc(Cl)c2)nn1)(C[SH](=O)=O)C(=O)NO. The minimum atomic E-state index is -2.77. The van der Waals surface area contributed by atoms with Crippen molar-refractivity contribution >= 4 is 40.0 Å². The first-order valence-corrected chi connectivity index (χ1v) is 10.4. The Hall–Kier alpha value is -1.62. The summed E-state index contributed by atoms with van der Waals surface area (Å²) in [6, 6.07) is 7.48. The molecule has 26 heavy (non-hydrogen) atoms. The lowest BCUT2D eigenvalue weighted by molar-refractivity contribution is -0.138. The van der Waals surface area contributed by atoms with Crippen molar-refractivity contribution in [2.75, 3.05) is 5.75 Å². The Morgan fingerprint density at radius 2 is 2.23 bits per heavy atom. The molecule has 142 valence electrons. The first-order chi connectivity index (χ1) is 12.3. The van der Waals surface area contributed by atoms with E-state index in [0.717, 1.165) is 10.6 Å². The number of thiol groups is 1. The number of rotatable bonds is 9. The topological polar surface area (TPSA) is 114 Å². The van der Waals surface area contributed by atoms with Gasteiger partial charge in [-0.05, 0) is 31.5 Å². The molecular weight excluding hydrogens is 400 g/mol. The van der Waals surface area contributed by atoms with E-state index >= 15 is 0 Å². The van der Waals surface area contributed by atoms with E-state index in [1.807, 2.05) is 18.2 Å². The molecule has 1 unspecified atom stereocenters. The zero-order chi connectivity index (χ0) is 19.2. The molecule has 0 spiro atoms. The van der Waals surface area contributed by atoms with E-state index < -0.39 is 22.0 Å². The molecule has 0 radical (unpaired) electrons. The van der Waals surface area contributed by atoms with E-state index in [9.17, 15) is 13.2 Å². The smallest absolute Gasteiger partial charge is 0.250 e. The van der Waals surface area contributed by atoms with Crippen LogP contribution in [-0.2, 0) is 27.8 Å². The fourth-order valence-corrected chi connectivity index (χ4v) is 4.23. The van der Waals surface area contributed by atoms with Crippen LogP contribution < -0.4 is 5.48 Å². The minimum absolute atomic E-state index is 0.187. The third-order valence-electron chi connectivity index (χ3n) is 3.79. The highest BCUT2D eigenvalue weighted by molar-refractivity contribution is 7.98. The van der Waals surface area contributed by atoms with Crippen LogP contribution in [-0.4, -0.2) is 40.3 Å². The molecular formula is C15H19ClN4O4S2. The molecule has 1 atom stereocenters. The van der Waals surface area contributed by atoms with Gasteiger partial charge in [-0.2, -0.15) is 0 Å². The number of hydroxylamine groups is 1. The van der Waals surface area contributed by atoms with Crippen molar-refractivity contribution in [2.45, 2.75) is 30.5 Å². The van der Waals surface area contributed by atoms with Gasteiger partial charge in [0.2, 0.25) is 5.91 Å². The van der Waals surface area contributed by atoms with Gasteiger partial charge in [-0.1, -0.05) is 22.9 Å². The van der Waals surface area contributed by atoms with Crippen molar-refractivity contribution in [3.63, 3.8) is 0 Å². The Bertz CT molecular complexity index is 835. The molecule has 1 amide bonds. The predicted octanol–water partition coefficient (Wildman–Crippen LogP) is 1.74. The van der Waals surface area contributed by atoms with Gasteiger partial charge in [0, 0.05) is 28.4 Å². The minimum Gasteiger partial charge on any atom is -0.289 e. The van der Waals surface area contributed by atoms with E-state index in [1.54, 1.807) is 28.7 Å². The van der Waals surface area contributed by atoms with Crippen molar-refractivity contribution < 1.29 is 18.4 Å². The molecule has 2 rings (SSSR count). The Morgan fingerprint density at radius 1 is 1.46 bits per heavy atom. The normalized spacial score (nSPS) is 13.5. The van der Waals surface area contributed by atoms with Crippen LogP contribution >= 0.6 is 23.4 Å². The number of nitrogens with zero attached hydrogens (tertiary/aromatic N) is 3. The zero-order valence-electron chi connectivity index (χ0n) is 14.0. The number of carbonyl (C=O) groups excluding carboxylic acids is 1. The van der Waals surface area contributed by atoms with Crippen LogP contribution in [0.5, 0.6) is 0 Å². The third-order valence-corrected chi connectivity index (χ3v) is 6.01. The lowest BCUT2D eigenvalue weighted by atomic mass is 9.88. The molecule has 8 nitrogen and oxygen atoms in total. The van der Waals surface area contributed by atoms with Gasteiger partial charge in [-0.25, -0.2) is 13.9 Å². The van der Waals surface area contributed by atoms with Crippen LogP contribution in [0.25, 0.3) is 0 Å². The van der Waals surface area contributed by atoms with E-state index in [0.29, 0.717) is 17.3 Å². The van der Waals surface area contributed by atoms with Gasteiger partial charge in [0.25, 0.3) is 0 Å². The van der Waals surface area contributed by atoms with Crippen LogP contribution in [0.3, 0.4) is 0 Å². The summed E-state index contributed by atoms with van der Waals surface area (Å²) in [4.78, 5) is 12.8. The summed E-state index contributed by atoms with van der Waals surface area (Å²) in [5.74, 6) is -0.504. The van der Waals surface area contributed by atoms with E-state index in [1.165, 1.54) is 12.4 Å². The maximum atomic E-state index is 11.8. The molecule has 0 saturated heterocycles. The molecule has 1 aromatic heterocycles. The largest absolute Gasteiger partial charge is 0.289 e. The molecule has 1 aromatic carbocycles. The van der Waals surface area contributed by atoms with Crippen LogP contribution in [0, 0.1) is 5.41 Å². The predicted molar refractivity (Wildman–Crippen MR) is 98.9 cm³/mol. The van der Waals surface area contributed by atoms with Crippen molar-refractivity contribution in [3.8, 4) is 0 Å². The Balaban J connectivity index is 1.95. The number of carbonyl (C=O) groups is 1. The number of halogens is 1. The molecule has 0 aliphatic rings. The highest BCUT2D eigenvalue weighted by Crippen LogP contribution is 2.25. The van der Waals surface area contributed by atoms with E-state index in [4.69, 9.17) is 16.8 Å². The summed E-state index contributed by atoms with van der Waals surface area (Å²) >= 11 is 7.51. The van der Waals surface area contributed by atoms with Crippen LogP contribution in [0.15, 0.2) is 35.4 Å². The summed E-state index contributed by atoms with van der Waals surface area (Å²) in [6.07, 6.45) is 1.93. The average molecular weight is 419 g/mol. The number of benzene rings is 1. The number of aromatic nitrogens is 3.